The number of nitrogens with zero attached hydrogens (tertiary/aromatic N) is 3. The van der Waals surface area contributed by atoms with Crippen LogP contribution in [-0.2, 0) is 11.3 Å². The summed E-state index contributed by atoms with van der Waals surface area (Å²) < 4.78 is 6.67. The molecule has 0 spiro atoms. The quantitative estimate of drug-likeness (QED) is 0.651. The van der Waals surface area contributed by atoms with Crippen LogP contribution in [0.3, 0.4) is 0 Å². The van der Waals surface area contributed by atoms with Crippen LogP contribution in [0.15, 0.2) is 34.0 Å². The lowest BCUT2D eigenvalue weighted by molar-refractivity contribution is -0.121. The number of carbonyl (C=O) groups excluding carboxylic acids is 1. The highest BCUT2D eigenvalue weighted by Crippen LogP contribution is 2.01. The Bertz CT molecular complexity index is 555. The molecule has 0 aliphatic carbocycles. The lowest BCUT2D eigenvalue weighted by Gasteiger charge is -2.02. The van der Waals surface area contributed by atoms with Gasteiger partial charge in [0.2, 0.25) is 0 Å². The Morgan fingerprint density at radius 1 is 1.61 bits per heavy atom. The number of nitrogens with one attached hydrogen (secondary N) is 1. The Balaban J connectivity index is 1.87. The Morgan fingerprint density at radius 2 is 2.44 bits per heavy atom. The van der Waals surface area contributed by atoms with Crippen molar-refractivity contribution < 1.29 is 9.21 Å². The standard InChI is InChI=1S/C12H14N4O2/c1-9-6-10(2)16(15-9)8-12(17)14-13-7-11-4-3-5-18-11/h3-7H,8H2,1-2H3,(H,14,17)/b13-7-. The van der Waals surface area contributed by atoms with Crippen LogP contribution in [0.2, 0.25) is 0 Å². The van der Waals surface area contributed by atoms with Gasteiger partial charge in [-0.25, -0.2) is 5.43 Å². The van der Waals surface area contributed by atoms with Crippen molar-refractivity contribution >= 4 is 12.1 Å². The lowest BCUT2D eigenvalue weighted by atomic mass is 10.4. The van der Waals surface area contributed by atoms with Gasteiger partial charge in [-0.1, -0.05) is 0 Å². The summed E-state index contributed by atoms with van der Waals surface area (Å²) in [6, 6.07) is 5.41. The molecule has 0 saturated carbocycles. The first kappa shape index (κ1) is 12.1. The highest BCUT2D eigenvalue weighted by atomic mass is 16.3. The first-order chi connectivity index (χ1) is 8.65. The number of aromatic nitrogens is 2. The third-order valence-corrected chi connectivity index (χ3v) is 2.32. The zero-order valence-corrected chi connectivity index (χ0v) is 10.3. The zero-order chi connectivity index (χ0) is 13.0. The summed E-state index contributed by atoms with van der Waals surface area (Å²) in [6.45, 7) is 3.94. The molecule has 2 heterocycles. The molecule has 2 rings (SSSR count). The van der Waals surface area contributed by atoms with Gasteiger partial charge in [0.05, 0.1) is 18.2 Å². The van der Waals surface area contributed by atoms with Crippen molar-refractivity contribution in [3.63, 3.8) is 0 Å². The first-order valence-electron chi connectivity index (χ1n) is 5.51. The van der Waals surface area contributed by atoms with Gasteiger partial charge in [-0.05, 0) is 32.0 Å². The van der Waals surface area contributed by atoms with Crippen molar-refractivity contribution in [2.75, 3.05) is 0 Å². The van der Waals surface area contributed by atoms with Crippen LogP contribution < -0.4 is 5.43 Å². The molecule has 1 amide bonds. The fourth-order valence-corrected chi connectivity index (χ4v) is 1.54. The maximum Gasteiger partial charge on any atom is 0.261 e. The molecule has 0 fully saturated rings. The number of carbonyl (C=O) groups is 1. The van der Waals surface area contributed by atoms with E-state index in [2.05, 4.69) is 15.6 Å². The number of hydrogen-bond donors (Lipinski definition) is 1. The van der Waals surface area contributed by atoms with Gasteiger partial charge < -0.3 is 4.42 Å². The molecule has 94 valence electrons. The lowest BCUT2D eigenvalue weighted by Crippen LogP contribution is -2.24. The Labute approximate surface area is 104 Å². The molecule has 0 aliphatic heterocycles. The van der Waals surface area contributed by atoms with Crippen LogP contribution in [0.25, 0.3) is 0 Å². The largest absolute Gasteiger partial charge is 0.463 e. The summed E-state index contributed by atoms with van der Waals surface area (Å²) in [7, 11) is 0. The normalized spacial score (nSPS) is 11.0. The summed E-state index contributed by atoms with van der Waals surface area (Å²) in [6.07, 6.45) is 2.98. The topological polar surface area (TPSA) is 72.4 Å². The number of rotatable bonds is 4. The van der Waals surface area contributed by atoms with E-state index in [0.717, 1.165) is 11.4 Å². The summed E-state index contributed by atoms with van der Waals surface area (Å²) in [4.78, 5) is 11.6. The SMILES string of the molecule is Cc1cc(C)n(CC(=O)N/N=C\c2ccco2)n1. The minimum atomic E-state index is -0.232. The fraction of sp³-hybridized carbons (Fsp3) is 0.250. The van der Waals surface area contributed by atoms with E-state index in [-0.39, 0.29) is 12.5 Å². The molecular formula is C12H14N4O2. The maximum atomic E-state index is 11.6. The van der Waals surface area contributed by atoms with Crippen LogP contribution in [0.5, 0.6) is 0 Å². The van der Waals surface area contributed by atoms with Crippen molar-refractivity contribution in [2.24, 2.45) is 5.10 Å². The summed E-state index contributed by atoms with van der Waals surface area (Å²) in [5, 5.41) is 7.98. The predicted octanol–water partition coefficient (Wildman–Crippen LogP) is 1.24. The van der Waals surface area contributed by atoms with Crippen LogP contribution in [0.1, 0.15) is 17.1 Å². The van der Waals surface area contributed by atoms with E-state index in [9.17, 15) is 4.79 Å². The highest BCUT2D eigenvalue weighted by Gasteiger charge is 2.05. The zero-order valence-electron chi connectivity index (χ0n) is 10.3. The van der Waals surface area contributed by atoms with Crippen molar-refractivity contribution in [2.45, 2.75) is 20.4 Å². The maximum absolute atomic E-state index is 11.6. The molecule has 6 nitrogen and oxygen atoms in total. The van der Waals surface area contributed by atoms with Crippen molar-refractivity contribution in [1.29, 1.82) is 0 Å². The molecule has 2 aromatic rings. The van der Waals surface area contributed by atoms with E-state index in [1.54, 1.807) is 23.1 Å². The van der Waals surface area contributed by atoms with Crippen LogP contribution in [0, 0.1) is 13.8 Å². The number of amides is 1. The van der Waals surface area contributed by atoms with E-state index in [1.165, 1.54) is 6.21 Å². The van der Waals surface area contributed by atoms with Gasteiger partial charge in [0, 0.05) is 5.69 Å². The van der Waals surface area contributed by atoms with Crippen LogP contribution >= 0.6 is 0 Å². The Hall–Kier alpha value is -2.37. The smallest absolute Gasteiger partial charge is 0.261 e. The van der Waals surface area contributed by atoms with Gasteiger partial charge in [-0.15, -0.1) is 0 Å². The van der Waals surface area contributed by atoms with E-state index >= 15 is 0 Å². The van der Waals surface area contributed by atoms with Gasteiger partial charge in [0.25, 0.3) is 5.91 Å². The fourth-order valence-electron chi connectivity index (χ4n) is 1.54. The van der Waals surface area contributed by atoms with Crippen molar-refractivity contribution in [1.82, 2.24) is 15.2 Å². The first-order valence-corrected chi connectivity index (χ1v) is 5.51. The van der Waals surface area contributed by atoms with E-state index in [0.29, 0.717) is 5.76 Å². The average Bonchev–Trinajstić information content (AvgIpc) is 2.90. The summed E-state index contributed by atoms with van der Waals surface area (Å²) in [5.74, 6) is 0.352. The second-order valence-corrected chi connectivity index (χ2v) is 3.89. The van der Waals surface area contributed by atoms with Gasteiger partial charge in [0.15, 0.2) is 0 Å². The van der Waals surface area contributed by atoms with Crippen molar-refractivity contribution in [3.8, 4) is 0 Å². The van der Waals surface area contributed by atoms with Crippen LogP contribution in [0.4, 0.5) is 0 Å². The third-order valence-electron chi connectivity index (χ3n) is 2.32. The summed E-state index contributed by atoms with van der Waals surface area (Å²) in [5.41, 5.74) is 4.25. The third kappa shape index (κ3) is 3.07. The van der Waals surface area contributed by atoms with Gasteiger partial charge >= 0.3 is 0 Å². The number of hydrazone groups is 1. The second-order valence-electron chi connectivity index (χ2n) is 3.89. The summed E-state index contributed by atoms with van der Waals surface area (Å²) >= 11 is 0. The van der Waals surface area contributed by atoms with Crippen molar-refractivity contribution in [3.05, 3.63) is 41.6 Å². The second kappa shape index (κ2) is 5.31. The van der Waals surface area contributed by atoms with E-state index < -0.39 is 0 Å². The van der Waals surface area contributed by atoms with E-state index in [4.69, 9.17) is 4.42 Å². The monoisotopic (exact) mass is 246 g/mol. The molecule has 1 N–H and O–H groups in total. The molecule has 0 aliphatic rings. The molecule has 0 radical (unpaired) electrons. The molecule has 18 heavy (non-hydrogen) atoms. The molecular weight excluding hydrogens is 232 g/mol. The molecule has 6 heteroatoms. The molecule has 0 saturated heterocycles. The molecule has 0 atom stereocenters. The number of hydrogen-bond acceptors (Lipinski definition) is 4. The van der Waals surface area contributed by atoms with Gasteiger partial charge in [-0.3, -0.25) is 9.48 Å². The minimum absolute atomic E-state index is 0.148. The predicted molar refractivity (Wildman–Crippen MR) is 66.1 cm³/mol. The van der Waals surface area contributed by atoms with Gasteiger partial charge in [-0.2, -0.15) is 10.2 Å². The minimum Gasteiger partial charge on any atom is -0.463 e. The Kier molecular flexibility index (Phi) is 3.57. The molecule has 0 bridgehead atoms. The molecule has 2 aromatic heterocycles. The van der Waals surface area contributed by atoms with Crippen LogP contribution in [-0.4, -0.2) is 21.9 Å². The number of furan rings is 1. The average molecular weight is 246 g/mol. The van der Waals surface area contributed by atoms with Gasteiger partial charge in [0.1, 0.15) is 12.3 Å². The van der Waals surface area contributed by atoms with E-state index in [1.807, 2.05) is 19.9 Å². The number of aryl methyl sites for hydroxylation is 2. The molecule has 0 unspecified atom stereocenters. The molecule has 0 aromatic carbocycles. The highest BCUT2D eigenvalue weighted by molar-refractivity contribution is 5.80. The Morgan fingerprint density at radius 3 is 3.06 bits per heavy atom.